The number of ether oxygens (including phenoxy) is 2. The first kappa shape index (κ1) is 26.3. The Bertz CT molecular complexity index is 1460. The Kier molecular flexibility index (Phi) is 7.25. The molecule has 0 bridgehead atoms. The Hall–Kier alpha value is -3.28. The molecule has 1 saturated heterocycles. The van der Waals surface area contributed by atoms with E-state index in [1.54, 1.807) is 27.9 Å². The molecule has 3 aromatic heterocycles. The van der Waals surface area contributed by atoms with E-state index in [-0.39, 0.29) is 18.1 Å². The van der Waals surface area contributed by atoms with E-state index in [9.17, 15) is 4.79 Å². The van der Waals surface area contributed by atoms with Gasteiger partial charge in [-0.15, -0.1) is 0 Å². The van der Waals surface area contributed by atoms with Crippen molar-refractivity contribution in [1.82, 2.24) is 29.8 Å². The molecule has 1 N–H and O–H groups in total. The predicted molar refractivity (Wildman–Crippen MR) is 149 cm³/mol. The number of nitrogens with one attached hydrogen (secondary N) is 1. The van der Waals surface area contributed by atoms with Crippen LogP contribution in [0.4, 0.5) is 10.6 Å². The SMILES string of the molecule is CC(C)[C@H]1COC(=O)N1c1ccn2ncc(-c3ccc(-c4n[nH]c(COCC[Si](C)(C)C)n4)c(Cl)c3)c2n1. The molecule has 4 aromatic rings. The minimum atomic E-state index is -1.14. The molecular weight excluding hydrogens is 522 g/mol. The first-order chi connectivity index (χ1) is 18.1. The average molecular weight is 554 g/mol. The molecule has 1 amide bonds. The number of hydrogen-bond donors (Lipinski definition) is 1. The molecule has 4 heterocycles. The van der Waals surface area contributed by atoms with Crippen LogP contribution in [0, 0.1) is 5.92 Å². The highest BCUT2D eigenvalue weighted by Gasteiger charge is 2.37. The molecule has 38 heavy (non-hydrogen) atoms. The van der Waals surface area contributed by atoms with Crippen LogP contribution in [0.25, 0.3) is 28.2 Å². The zero-order valence-corrected chi connectivity index (χ0v) is 24.0. The number of amides is 1. The monoisotopic (exact) mass is 553 g/mol. The van der Waals surface area contributed by atoms with Crippen molar-refractivity contribution in [3.8, 4) is 22.5 Å². The first-order valence-electron chi connectivity index (χ1n) is 12.7. The number of nitrogens with zero attached hydrogens (tertiary/aromatic N) is 6. The molecule has 0 saturated carbocycles. The molecule has 5 rings (SSSR count). The van der Waals surface area contributed by atoms with Gasteiger partial charge in [-0.25, -0.2) is 19.3 Å². The van der Waals surface area contributed by atoms with Crippen molar-refractivity contribution in [1.29, 1.82) is 0 Å². The molecule has 10 nitrogen and oxygen atoms in total. The summed E-state index contributed by atoms with van der Waals surface area (Å²) in [7, 11) is -1.14. The Labute approximate surface area is 227 Å². The summed E-state index contributed by atoms with van der Waals surface area (Å²) < 4.78 is 12.8. The third-order valence-corrected chi connectivity index (χ3v) is 8.58. The second-order valence-corrected chi connectivity index (χ2v) is 17.1. The van der Waals surface area contributed by atoms with Crippen molar-refractivity contribution in [3.63, 3.8) is 0 Å². The van der Waals surface area contributed by atoms with Gasteiger partial charge < -0.3 is 9.47 Å². The quantitative estimate of drug-likeness (QED) is 0.210. The molecule has 0 radical (unpaired) electrons. The van der Waals surface area contributed by atoms with E-state index in [0.29, 0.717) is 53.5 Å². The second kappa shape index (κ2) is 10.5. The number of cyclic esters (lactones) is 1. The van der Waals surface area contributed by atoms with E-state index in [2.05, 4.69) is 53.8 Å². The first-order valence-corrected chi connectivity index (χ1v) is 16.8. The summed E-state index contributed by atoms with van der Waals surface area (Å²) in [5.74, 6) is 1.93. The smallest absolute Gasteiger partial charge is 0.415 e. The summed E-state index contributed by atoms with van der Waals surface area (Å²) in [6.07, 6.45) is 3.14. The largest absolute Gasteiger partial charge is 0.447 e. The fourth-order valence-corrected chi connectivity index (χ4v) is 5.30. The molecule has 0 aliphatic carbocycles. The number of hydrogen-bond acceptors (Lipinski definition) is 7. The number of aromatic amines is 1. The van der Waals surface area contributed by atoms with Crippen molar-refractivity contribution >= 4 is 37.2 Å². The fraction of sp³-hybridized carbons (Fsp3) is 0.423. The molecule has 1 aliphatic heterocycles. The van der Waals surface area contributed by atoms with E-state index in [0.717, 1.165) is 17.2 Å². The number of halogens is 1. The highest BCUT2D eigenvalue weighted by atomic mass is 35.5. The van der Waals surface area contributed by atoms with E-state index in [1.165, 1.54) is 0 Å². The average Bonchev–Trinajstić information content (AvgIpc) is 3.59. The van der Waals surface area contributed by atoms with E-state index >= 15 is 0 Å². The van der Waals surface area contributed by atoms with E-state index < -0.39 is 8.07 Å². The highest BCUT2D eigenvalue weighted by molar-refractivity contribution is 6.76. The van der Waals surface area contributed by atoms with Crippen LogP contribution >= 0.6 is 11.6 Å². The summed E-state index contributed by atoms with van der Waals surface area (Å²) in [5.41, 5.74) is 2.96. The van der Waals surface area contributed by atoms with Crippen LogP contribution in [-0.4, -0.2) is 63.2 Å². The number of anilines is 1. The Morgan fingerprint density at radius 1 is 1.21 bits per heavy atom. The topological polar surface area (TPSA) is 111 Å². The molecule has 1 aliphatic rings. The predicted octanol–water partition coefficient (Wildman–Crippen LogP) is 5.67. The van der Waals surface area contributed by atoms with E-state index in [1.807, 2.05) is 18.2 Å². The lowest BCUT2D eigenvalue weighted by atomic mass is 10.0. The molecule has 0 spiro atoms. The third-order valence-electron chi connectivity index (χ3n) is 6.56. The lowest BCUT2D eigenvalue weighted by Crippen LogP contribution is -2.37. The number of H-pyrrole nitrogens is 1. The Morgan fingerprint density at radius 3 is 2.76 bits per heavy atom. The number of carbonyl (C=O) groups is 1. The zero-order chi connectivity index (χ0) is 27.0. The van der Waals surface area contributed by atoms with E-state index in [4.69, 9.17) is 26.1 Å². The maximum atomic E-state index is 12.5. The highest BCUT2D eigenvalue weighted by Crippen LogP contribution is 2.33. The summed E-state index contributed by atoms with van der Waals surface area (Å²) >= 11 is 6.69. The molecule has 1 fully saturated rings. The van der Waals surface area contributed by atoms with Crippen molar-refractivity contribution in [2.45, 2.75) is 52.2 Å². The summed E-state index contributed by atoms with van der Waals surface area (Å²) in [4.78, 5) is 23.4. The summed E-state index contributed by atoms with van der Waals surface area (Å²) in [5, 5.41) is 12.2. The van der Waals surface area contributed by atoms with Gasteiger partial charge in [0.2, 0.25) is 0 Å². The third kappa shape index (κ3) is 5.45. The van der Waals surface area contributed by atoms with Crippen LogP contribution in [0.5, 0.6) is 0 Å². The van der Waals surface area contributed by atoms with Crippen molar-refractivity contribution in [2.75, 3.05) is 18.1 Å². The number of rotatable bonds is 9. The number of aromatic nitrogens is 6. The standard InChI is InChI=1S/C26H32ClN7O3Si/c1-16(2)21-14-37-26(35)34(21)23-8-9-33-25(30-23)19(13-28-33)17-6-7-18(20(27)12-17)24-29-22(31-32-24)15-36-10-11-38(3,4)5/h6-9,12-13,16,21H,10-11,14-15H2,1-5H3,(H,29,31,32)/t21-/m1/s1. The molecule has 12 heteroatoms. The zero-order valence-electron chi connectivity index (χ0n) is 22.2. The second-order valence-electron chi connectivity index (χ2n) is 11.0. The van der Waals surface area contributed by atoms with Gasteiger partial charge in [0.25, 0.3) is 0 Å². The number of carbonyl (C=O) groups excluding carboxylic acids is 1. The van der Waals surface area contributed by atoms with Gasteiger partial charge in [-0.05, 0) is 35.7 Å². The van der Waals surface area contributed by atoms with Gasteiger partial charge in [0, 0.05) is 32.0 Å². The van der Waals surface area contributed by atoms with Crippen LogP contribution < -0.4 is 4.90 Å². The molecule has 1 aromatic carbocycles. The maximum Gasteiger partial charge on any atom is 0.415 e. The normalized spacial score (nSPS) is 16.1. The van der Waals surface area contributed by atoms with Gasteiger partial charge in [0.15, 0.2) is 17.3 Å². The molecular formula is C26H32ClN7O3Si. The molecule has 1 atom stereocenters. The lowest BCUT2D eigenvalue weighted by molar-refractivity contribution is 0.127. The van der Waals surface area contributed by atoms with Gasteiger partial charge in [0.05, 0.1) is 17.3 Å². The summed E-state index contributed by atoms with van der Waals surface area (Å²) in [6, 6.07) is 8.47. The van der Waals surface area contributed by atoms with Crippen molar-refractivity contribution in [2.24, 2.45) is 5.92 Å². The minimum absolute atomic E-state index is 0.0745. The van der Waals surface area contributed by atoms with Crippen LogP contribution in [0.2, 0.25) is 30.7 Å². The van der Waals surface area contributed by atoms with Crippen molar-refractivity contribution < 1.29 is 14.3 Å². The fourth-order valence-electron chi connectivity index (χ4n) is 4.28. The van der Waals surface area contributed by atoms with Gasteiger partial charge in [-0.3, -0.25) is 10.00 Å². The van der Waals surface area contributed by atoms with Gasteiger partial charge in [0.1, 0.15) is 19.0 Å². The Balaban J connectivity index is 1.37. The van der Waals surface area contributed by atoms with Crippen LogP contribution in [0.3, 0.4) is 0 Å². The van der Waals surface area contributed by atoms with Gasteiger partial charge >= 0.3 is 6.09 Å². The van der Waals surface area contributed by atoms with Crippen LogP contribution in [0.15, 0.2) is 36.7 Å². The Morgan fingerprint density at radius 2 is 2.03 bits per heavy atom. The molecule has 0 unspecified atom stereocenters. The molecule has 200 valence electrons. The van der Waals surface area contributed by atoms with Crippen molar-refractivity contribution in [3.05, 3.63) is 47.5 Å². The minimum Gasteiger partial charge on any atom is -0.447 e. The summed E-state index contributed by atoms with van der Waals surface area (Å²) in [6.45, 7) is 12.5. The number of benzene rings is 1. The van der Waals surface area contributed by atoms with Crippen LogP contribution in [-0.2, 0) is 16.1 Å². The lowest BCUT2D eigenvalue weighted by Gasteiger charge is -2.23. The van der Waals surface area contributed by atoms with Gasteiger partial charge in [-0.1, -0.05) is 51.2 Å². The van der Waals surface area contributed by atoms with Crippen LogP contribution in [0.1, 0.15) is 19.7 Å². The number of fused-ring (bicyclic) bond motifs is 1. The van der Waals surface area contributed by atoms with Gasteiger partial charge in [-0.2, -0.15) is 10.2 Å². The maximum absolute atomic E-state index is 12.5.